The number of methoxy groups -OCH3 is 1. The molecular formula is C31H22ClFN2O5. The Bertz CT molecular complexity index is 1660. The van der Waals surface area contributed by atoms with Crippen LogP contribution in [0.3, 0.4) is 0 Å². The van der Waals surface area contributed by atoms with Crippen LogP contribution in [0.1, 0.15) is 33.0 Å². The predicted molar refractivity (Wildman–Crippen MR) is 146 cm³/mol. The summed E-state index contributed by atoms with van der Waals surface area (Å²) in [4.78, 5) is 12.6. The largest absolute Gasteiger partial charge is 0.493 e. The van der Waals surface area contributed by atoms with E-state index in [9.17, 15) is 14.4 Å². The molecule has 1 unspecified atom stereocenters. The van der Waals surface area contributed by atoms with Gasteiger partial charge in [-0.15, -0.1) is 0 Å². The zero-order valence-electron chi connectivity index (χ0n) is 21.2. The van der Waals surface area contributed by atoms with Gasteiger partial charge in [-0.1, -0.05) is 41.9 Å². The van der Waals surface area contributed by atoms with Crippen LogP contribution in [0.5, 0.6) is 23.0 Å². The van der Waals surface area contributed by atoms with Gasteiger partial charge >= 0.3 is 5.97 Å². The monoisotopic (exact) mass is 556 g/mol. The molecule has 4 aromatic rings. The molecule has 1 aliphatic rings. The summed E-state index contributed by atoms with van der Waals surface area (Å²) in [6, 6.07) is 24.8. The average molecular weight is 557 g/mol. The molecule has 7 nitrogen and oxygen atoms in total. The van der Waals surface area contributed by atoms with Crippen LogP contribution in [0.15, 0.2) is 96.4 Å². The van der Waals surface area contributed by atoms with E-state index >= 15 is 0 Å². The van der Waals surface area contributed by atoms with Gasteiger partial charge < -0.3 is 24.7 Å². The van der Waals surface area contributed by atoms with E-state index in [2.05, 4.69) is 6.07 Å². The maximum Gasteiger partial charge on any atom is 0.343 e. The van der Waals surface area contributed by atoms with E-state index in [4.69, 9.17) is 36.3 Å². The Kier molecular flexibility index (Phi) is 7.58. The Morgan fingerprint density at radius 1 is 1.05 bits per heavy atom. The second-order valence-corrected chi connectivity index (χ2v) is 9.29. The molecule has 0 radical (unpaired) electrons. The maximum absolute atomic E-state index is 13.2. The van der Waals surface area contributed by atoms with E-state index in [0.29, 0.717) is 39.0 Å². The van der Waals surface area contributed by atoms with E-state index in [1.54, 1.807) is 66.7 Å². The normalized spacial score (nSPS) is 14.0. The Labute approximate surface area is 234 Å². The van der Waals surface area contributed by atoms with Crippen molar-refractivity contribution in [2.24, 2.45) is 5.73 Å². The summed E-state index contributed by atoms with van der Waals surface area (Å²) in [5.41, 5.74) is 8.81. The molecule has 0 aromatic heterocycles. The fourth-order valence-electron chi connectivity index (χ4n) is 4.35. The van der Waals surface area contributed by atoms with Gasteiger partial charge in [-0.05, 0) is 59.7 Å². The summed E-state index contributed by atoms with van der Waals surface area (Å²) < 4.78 is 36.0. The number of hydrogen-bond acceptors (Lipinski definition) is 7. The predicted octanol–water partition coefficient (Wildman–Crippen LogP) is 6.50. The molecule has 200 valence electrons. The van der Waals surface area contributed by atoms with Crippen LogP contribution in [0.2, 0.25) is 5.02 Å². The smallest absolute Gasteiger partial charge is 0.343 e. The van der Waals surface area contributed by atoms with Crippen molar-refractivity contribution in [3.05, 3.63) is 129 Å². The number of esters is 1. The molecule has 0 saturated carbocycles. The number of fused-ring (bicyclic) bond motifs is 1. The van der Waals surface area contributed by atoms with Gasteiger partial charge in [0.25, 0.3) is 0 Å². The van der Waals surface area contributed by atoms with Gasteiger partial charge in [0.05, 0.1) is 18.6 Å². The second-order valence-electron chi connectivity index (χ2n) is 8.85. The number of carbonyl (C=O) groups excluding carboxylic acids is 1. The Hall–Kier alpha value is -5.00. The van der Waals surface area contributed by atoms with Crippen LogP contribution in [-0.2, 0) is 6.61 Å². The van der Waals surface area contributed by atoms with Crippen molar-refractivity contribution < 1.29 is 28.1 Å². The van der Waals surface area contributed by atoms with E-state index in [1.165, 1.54) is 25.3 Å². The van der Waals surface area contributed by atoms with Crippen molar-refractivity contribution in [2.75, 3.05) is 7.11 Å². The molecule has 40 heavy (non-hydrogen) atoms. The van der Waals surface area contributed by atoms with E-state index in [1.807, 2.05) is 0 Å². The zero-order valence-corrected chi connectivity index (χ0v) is 21.9. The first-order chi connectivity index (χ1) is 19.4. The van der Waals surface area contributed by atoms with E-state index < -0.39 is 11.9 Å². The second kappa shape index (κ2) is 11.4. The number of nitrogens with zero attached hydrogens (tertiary/aromatic N) is 1. The molecule has 1 atom stereocenters. The summed E-state index contributed by atoms with van der Waals surface area (Å²) in [5.74, 6) is -0.0599. The lowest BCUT2D eigenvalue weighted by atomic mass is 9.83. The van der Waals surface area contributed by atoms with Gasteiger partial charge in [0.2, 0.25) is 5.88 Å². The van der Waals surface area contributed by atoms with Crippen molar-refractivity contribution in [2.45, 2.75) is 12.5 Å². The molecule has 1 aliphatic heterocycles. The van der Waals surface area contributed by atoms with Gasteiger partial charge in [0.15, 0.2) is 11.5 Å². The van der Waals surface area contributed by atoms with Crippen LogP contribution < -0.4 is 24.7 Å². The molecule has 0 amide bonds. The number of hydrogen-bond donors (Lipinski definition) is 1. The lowest BCUT2D eigenvalue weighted by molar-refractivity contribution is 0.0734. The highest BCUT2D eigenvalue weighted by Gasteiger charge is 2.32. The van der Waals surface area contributed by atoms with Gasteiger partial charge in [0.1, 0.15) is 35.6 Å². The number of ether oxygens (including phenoxy) is 4. The number of benzene rings is 4. The summed E-state index contributed by atoms with van der Waals surface area (Å²) in [6.07, 6.45) is 0. The highest BCUT2D eigenvalue weighted by atomic mass is 35.5. The number of allylic oxidation sites excluding steroid dienone is 1. The van der Waals surface area contributed by atoms with E-state index in [0.717, 1.165) is 5.56 Å². The zero-order chi connectivity index (χ0) is 28.2. The molecule has 0 saturated heterocycles. The molecule has 0 bridgehead atoms. The van der Waals surface area contributed by atoms with Crippen LogP contribution >= 0.6 is 11.6 Å². The molecule has 4 aromatic carbocycles. The standard InChI is InChI=1S/C31H22ClFN2O5/c1-37-28-14-19(7-12-26(28)38-17-18-5-8-22(33)9-6-18)29-24-11-10-23(15-27(24)40-30(35)25(29)16-34)39-31(36)20-3-2-4-21(32)13-20/h2-15,29H,17,35H2,1H3. The number of halogens is 2. The molecule has 0 spiro atoms. The third-order valence-corrected chi connectivity index (χ3v) is 6.53. The molecule has 1 heterocycles. The van der Waals surface area contributed by atoms with Crippen LogP contribution in [0, 0.1) is 17.1 Å². The van der Waals surface area contributed by atoms with Gasteiger partial charge in [-0.25, -0.2) is 9.18 Å². The minimum atomic E-state index is -0.586. The highest BCUT2D eigenvalue weighted by Crippen LogP contribution is 2.45. The number of rotatable bonds is 7. The lowest BCUT2D eigenvalue weighted by Crippen LogP contribution is -2.21. The summed E-state index contributed by atoms with van der Waals surface area (Å²) in [5, 5.41) is 10.3. The first kappa shape index (κ1) is 26.6. The van der Waals surface area contributed by atoms with Gasteiger partial charge in [-0.2, -0.15) is 5.26 Å². The highest BCUT2D eigenvalue weighted by molar-refractivity contribution is 6.30. The Morgan fingerprint density at radius 3 is 2.58 bits per heavy atom. The van der Waals surface area contributed by atoms with E-state index in [-0.39, 0.29) is 29.6 Å². The molecule has 0 aliphatic carbocycles. The summed E-state index contributed by atoms with van der Waals surface area (Å²) >= 11 is 5.98. The fourth-order valence-corrected chi connectivity index (χ4v) is 4.54. The van der Waals surface area contributed by atoms with Crippen molar-refractivity contribution in [1.29, 1.82) is 5.26 Å². The number of carbonyl (C=O) groups is 1. The van der Waals surface area contributed by atoms with Gasteiger partial charge in [-0.3, -0.25) is 0 Å². The van der Waals surface area contributed by atoms with Gasteiger partial charge in [0, 0.05) is 16.7 Å². The molecule has 2 N–H and O–H groups in total. The quantitative estimate of drug-likeness (QED) is 0.204. The Morgan fingerprint density at radius 2 is 1.85 bits per heavy atom. The first-order valence-corrected chi connectivity index (χ1v) is 12.5. The molecular weight excluding hydrogens is 535 g/mol. The maximum atomic E-state index is 13.2. The van der Waals surface area contributed by atoms with Crippen molar-refractivity contribution >= 4 is 17.6 Å². The molecule has 9 heteroatoms. The van der Waals surface area contributed by atoms with Crippen molar-refractivity contribution in [3.63, 3.8) is 0 Å². The SMILES string of the molecule is COc1cc(C2C(C#N)=C(N)Oc3cc(OC(=O)c4cccc(Cl)c4)ccc32)ccc1OCc1ccc(F)cc1. The molecule has 5 rings (SSSR count). The van der Waals surface area contributed by atoms with Crippen molar-refractivity contribution in [3.8, 4) is 29.1 Å². The minimum absolute atomic E-state index is 0.0612. The topological polar surface area (TPSA) is 104 Å². The van der Waals surface area contributed by atoms with Crippen LogP contribution in [0.4, 0.5) is 4.39 Å². The van der Waals surface area contributed by atoms with Crippen LogP contribution in [-0.4, -0.2) is 13.1 Å². The van der Waals surface area contributed by atoms with Crippen molar-refractivity contribution in [1.82, 2.24) is 0 Å². The molecule has 0 fully saturated rings. The first-order valence-electron chi connectivity index (χ1n) is 12.1. The Balaban J connectivity index is 1.43. The average Bonchev–Trinajstić information content (AvgIpc) is 2.96. The van der Waals surface area contributed by atoms with Crippen LogP contribution in [0.25, 0.3) is 0 Å². The summed E-state index contributed by atoms with van der Waals surface area (Å²) in [6.45, 7) is 0.211. The third-order valence-electron chi connectivity index (χ3n) is 6.29. The minimum Gasteiger partial charge on any atom is -0.493 e. The fraction of sp³-hybridized carbons (Fsp3) is 0.0968. The third kappa shape index (κ3) is 5.55. The summed E-state index contributed by atoms with van der Waals surface area (Å²) in [7, 11) is 1.51. The number of nitriles is 1. The lowest BCUT2D eigenvalue weighted by Gasteiger charge is -2.27. The number of nitrogens with two attached hydrogens (primary N) is 1.